The van der Waals surface area contributed by atoms with E-state index in [-0.39, 0.29) is 5.75 Å². The highest BCUT2D eigenvalue weighted by molar-refractivity contribution is 5.61. The van der Waals surface area contributed by atoms with Gasteiger partial charge >= 0.3 is 0 Å². The molecule has 2 rings (SSSR count). The molecule has 0 atom stereocenters. The maximum absolute atomic E-state index is 9.59. The van der Waals surface area contributed by atoms with Gasteiger partial charge in [-0.2, -0.15) is 0 Å². The summed E-state index contributed by atoms with van der Waals surface area (Å²) in [5.74, 6) is 0.730. The van der Waals surface area contributed by atoms with Crippen LogP contribution in [0, 0.1) is 0 Å². The molecule has 0 unspecified atom stereocenters. The summed E-state index contributed by atoms with van der Waals surface area (Å²) in [6.45, 7) is 0.823. The molecule has 0 spiro atoms. The number of phenolic OH excluding ortho intramolecular Hbond substituents is 1. The Morgan fingerprint density at radius 3 is 2.93 bits per heavy atom. The number of hydrogen-bond acceptors (Lipinski definition) is 3. The molecule has 1 aliphatic rings. The van der Waals surface area contributed by atoms with Crippen molar-refractivity contribution in [1.29, 1.82) is 0 Å². The van der Waals surface area contributed by atoms with Gasteiger partial charge in [0.2, 0.25) is 0 Å². The average molecular weight is 191 g/mol. The minimum absolute atomic E-state index is 0.204. The van der Waals surface area contributed by atoms with E-state index in [1.165, 1.54) is 0 Å². The molecule has 1 aliphatic heterocycles. The molecular formula is C11H13NO2. The third-order valence-corrected chi connectivity index (χ3v) is 2.37. The molecule has 14 heavy (non-hydrogen) atoms. The lowest BCUT2D eigenvalue weighted by molar-refractivity contribution is 0.371. The fourth-order valence-electron chi connectivity index (χ4n) is 1.61. The van der Waals surface area contributed by atoms with Crippen LogP contribution in [0.2, 0.25) is 0 Å². The smallest absolute Gasteiger partial charge is 0.161 e. The van der Waals surface area contributed by atoms with Crippen LogP contribution >= 0.6 is 0 Å². The van der Waals surface area contributed by atoms with E-state index in [1.54, 1.807) is 13.2 Å². The number of ether oxygens (including phenoxy) is 1. The summed E-state index contributed by atoms with van der Waals surface area (Å²) in [5.41, 5.74) is 2.23. The van der Waals surface area contributed by atoms with Gasteiger partial charge in [0.15, 0.2) is 11.5 Å². The van der Waals surface area contributed by atoms with E-state index < -0.39 is 0 Å². The minimum atomic E-state index is 0.204. The molecule has 0 aliphatic carbocycles. The van der Waals surface area contributed by atoms with Gasteiger partial charge in [0.1, 0.15) is 0 Å². The number of fused-ring (bicyclic) bond motifs is 1. The molecule has 74 valence electrons. The molecule has 1 aromatic rings. The first-order chi connectivity index (χ1) is 6.70. The Hall–Kier alpha value is -1.64. The van der Waals surface area contributed by atoms with Gasteiger partial charge in [-0.25, -0.2) is 0 Å². The topological polar surface area (TPSA) is 32.7 Å². The van der Waals surface area contributed by atoms with Crippen molar-refractivity contribution in [3.05, 3.63) is 29.5 Å². The van der Waals surface area contributed by atoms with Crippen LogP contribution in [-0.4, -0.2) is 24.2 Å². The Morgan fingerprint density at radius 1 is 1.43 bits per heavy atom. The van der Waals surface area contributed by atoms with Gasteiger partial charge in [-0.1, -0.05) is 0 Å². The quantitative estimate of drug-likeness (QED) is 0.735. The van der Waals surface area contributed by atoms with Crippen molar-refractivity contribution in [2.24, 2.45) is 0 Å². The van der Waals surface area contributed by atoms with Gasteiger partial charge < -0.3 is 14.7 Å². The largest absolute Gasteiger partial charge is 0.504 e. The Morgan fingerprint density at radius 2 is 2.21 bits per heavy atom. The summed E-state index contributed by atoms with van der Waals surface area (Å²) in [4.78, 5) is 2.06. The van der Waals surface area contributed by atoms with Crippen molar-refractivity contribution in [2.75, 3.05) is 14.2 Å². The first kappa shape index (κ1) is 8.94. The van der Waals surface area contributed by atoms with Crippen LogP contribution in [0.15, 0.2) is 18.3 Å². The van der Waals surface area contributed by atoms with Gasteiger partial charge in [-0.3, -0.25) is 0 Å². The third-order valence-electron chi connectivity index (χ3n) is 2.37. The van der Waals surface area contributed by atoms with E-state index in [2.05, 4.69) is 4.90 Å². The van der Waals surface area contributed by atoms with Gasteiger partial charge in [0.25, 0.3) is 0 Å². The first-order valence-electron chi connectivity index (χ1n) is 4.49. The zero-order valence-corrected chi connectivity index (χ0v) is 8.32. The zero-order valence-electron chi connectivity index (χ0n) is 8.32. The van der Waals surface area contributed by atoms with Gasteiger partial charge in [-0.15, -0.1) is 0 Å². The van der Waals surface area contributed by atoms with Crippen LogP contribution in [0.3, 0.4) is 0 Å². The average Bonchev–Trinajstić information content (AvgIpc) is 2.16. The van der Waals surface area contributed by atoms with E-state index in [1.807, 2.05) is 25.4 Å². The Kier molecular flexibility index (Phi) is 2.08. The maximum atomic E-state index is 9.59. The maximum Gasteiger partial charge on any atom is 0.161 e. The number of nitrogens with zero attached hydrogens (tertiary/aromatic N) is 1. The fraction of sp³-hybridized carbons (Fsp3) is 0.273. The molecular weight excluding hydrogens is 178 g/mol. The van der Waals surface area contributed by atoms with E-state index in [0.29, 0.717) is 5.75 Å². The summed E-state index contributed by atoms with van der Waals surface area (Å²) in [6, 6.07) is 3.61. The molecule has 0 bridgehead atoms. The van der Waals surface area contributed by atoms with Crippen LogP contribution < -0.4 is 4.74 Å². The van der Waals surface area contributed by atoms with Crippen LogP contribution in [0.25, 0.3) is 6.08 Å². The highest BCUT2D eigenvalue weighted by atomic mass is 16.5. The monoisotopic (exact) mass is 191 g/mol. The van der Waals surface area contributed by atoms with Crippen molar-refractivity contribution in [3.63, 3.8) is 0 Å². The lowest BCUT2D eigenvalue weighted by Gasteiger charge is -2.21. The molecule has 3 heteroatoms. The standard InChI is InChI=1S/C11H13NO2/c1-12-4-3-8-6-11(14-2)10(13)5-9(8)7-12/h3-6,13H,7H2,1-2H3. The fourth-order valence-corrected chi connectivity index (χ4v) is 1.61. The molecule has 0 amide bonds. The Labute approximate surface area is 83.2 Å². The second kappa shape index (κ2) is 3.25. The van der Waals surface area contributed by atoms with Gasteiger partial charge in [0, 0.05) is 13.6 Å². The molecule has 0 saturated carbocycles. The summed E-state index contributed by atoms with van der Waals surface area (Å²) in [7, 11) is 3.56. The van der Waals surface area contributed by atoms with Crippen molar-refractivity contribution in [2.45, 2.75) is 6.54 Å². The summed E-state index contributed by atoms with van der Waals surface area (Å²) in [6.07, 6.45) is 4.03. The van der Waals surface area contributed by atoms with E-state index in [4.69, 9.17) is 4.74 Å². The van der Waals surface area contributed by atoms with Gasteiger partial charge in [0.05, 0.1) is 7.11 Å². The molecule has 3 nitrogen and oxygen atoms in total. The number of hydrogen-bond donors (Lipinski definition) is 1. The lowest BCUT2D eigenvalue weighted by atomic mass is 10.0. The van der Waals surface area contributed by atoms with Crippen LogP contribution in [-0.2, 0) is 6.54 Å². The SMILES string of the molecule is COc1cc2c(cc1O)CN(C)C=C2. The predicted molar refractivity (Wildman–Crippen MR) is 55.2 cm³/mol. The van der Waals surface area contributed by atoms with Crippen molar-refractivity contribution >= 4 is 6.08 Å². The number of methoxy groups -OCH3 is 1. The van der Waals surface area contributed by atoms with E-state index >= 15 is 0 Å². The minimum Gasteiger partial charge on any atom is -0.504 e. The summed E-state index contributed by atoms with van der Waals surface area (Å²) < 4.78 is 5.04. The number of phenols is 1. The molecule has 0 fully saturated rings. The molecule has 0 aromatic heterocycles. The second-order valence-electron chi connectivity index (χ2n) is 3.45. The lowest BCUT2D eigenvalue weighted by Crippen LogP contribution is -2.14. The molecule has 1 N–H and O–H groups in total. The van der Waals surface area contributed by atoms with Crippen molar-refractivity contribution in [3.8, 4) is 11.5 Å². The normalized spacial score (nSPS) is 14.0. The Bertz CT molecular complexity index is 385. The summed E-state index contributed by atoms with van der Waals surface area (Å²) >= 11 is 0. The molecule has 0 saturated heterocycles. The zero-order chi connectivity index (χ0) is 10.1. The van der Waals surface area contributed by atoms with Gasteiger partial charge in [-0.05, 0) is 35.5 Å². The van der Waals surface area contributed by atoms with Crippen LogP contribution in [0.5, 0.6) is 11.5 Å². The van der Waals surface area contributed by atoms with E-state index in [9.17, 15) is 5.11 Å². The van der Waals surface area contributed by atoms with Crippen LogP contribution in [0.4, 0.5) is 0 Å². The highest BCUT2D eigenvalue weighted by Crippen LogP contribution is 2.32. The predicted octanol–water partition coefficient (Wildman–Crippen LogP) is 1.82. The number of aromatic hydroxyl groups is 1. The first-order valence-corrected chi connectivity index (χ1v) is 4.49. The molecule has 1 heterocycles. The second-order valence-corrected chi connectivity index (χ2v) is 3.45. The number of benzene rings is 1. The van der Waals surface area contributed by atoms with Crippen molar-refractivity contribution in [1.82, 2.24) is 4.90 Å². The van der Waals surface area contributed by atoms with Crippen molar-refractivity contribution < 1.29 is 9.84 Å². The number of rotatable bonds is 1. The molecule has 0 radical (unpaired) electrons. The summed E-state index contributed by atoms with van der Waals surface area (Å²) in [5, 5.41) is 9.59. The third kappa shape index (κ3) is 1.41. The highest BCUT2D eigenvalue weighted by Gasteiger charge is 2.11. The van der Waals surface area contributed by atoms with Crippen LogP contribution in [0.1, 0.15) is 11.1 Å². The molecule has 1 aromatic carbocycles. The van der Waals surface area contributed by atoms with E-state index in [0.717, 1.165) is 17.7 Å². The Balaban J connectivity index is 2.48.